The largest absolute Gasteiger partial charge is 0.493 e. The number of hydrogen-bond donors (Lipinski definition) is 1. The molecule has 38 heavy (non-hydrogen) atoms. The standard InChI is InChI=1S/C31H39N5O2/c1-3-35(4-2)18-20-38-30-14-11-26-21-25(30)23-36(27-12-13-27)17-6-5-7-19-37-28-10-8-9-24(22-28)29-15-16-32-31(33-26)34-29/h5-6,8-11,14-16,21-22,27H,3-4,7,12-13,17-20,23H2,1-2H3,(H,32,33,34)/b6-5+. The van der Waals surface area contributed by atoms with Gasteiger partial charge in [0, 0.05) is 48.7 Å². The smallest absolute Gasteiger partial charge is 0.227 e. The molecule has 1 N–H and O–H groups in total. The molecule has 0 radical (unpaired) electrons. The van der Waals surface area contributed by atoms with Crippen molar-refractivity contribution in [2.24, 2.45) is 0 Å². The zero-order valence-electron chi connectivity index (χ0n) is 22.6. The van der Waals surface area contributed by atoms with Crippen molar-refractivity contribution in [3.05, 3.63) is 72.4 Å². The Morgan fingerprint density at radius 1 is 1.08 bits per heavy atom. The molecule has 1 saturated carbocycles. The Balaban J connectivity index is 1.43. The molecule has 0 saturated heterocycles. The van der Waals surface area contributed by atoms with Gasteiger partial charge in [0.05, 0.1) is 12.3 Å². The number of rotatable bonds is 7. The van der Waals surface area contributed by atoms with E-state index in [1.807, 2.05) is 30.3 Å². The number of likely N-dealkylation sites (N-methyl/N-ethyl adjacent to an activating group) is 1. The minimum absolute atomic E-state index is 0.568. The molecular weight excluding hydrogens is 474 g/mol. The first-order chi connectivity index (χ1) is 18.7. The van der Waals surface area contributed by atoms with Gasteiger partial charge in [-0.2, -0.15) is 0 Å². The van der Waals surface area contributed by atoms with Crippen LogP contribution in [0.5, 0.6) is 11.5 Å². The van der Waals surface area contributed by atoms with E-state index in [0.29, 0.717) is 25.2 Å². The van der Waals surface area contributed by atoms with E-state index in [1.54, 1.807) is 6.20 Å². The van der Waals surface area contributed by atoms with E-state index in [9.17, 15) is 0 Å². The van der Waals surface area contributed by atoms with Crippen LogP contribution < -0.4 is 14.8 Å². The van der Waals surface area contributed by atoms with Crippen molar-refractivity contribution >= 4 is 11.6 Å². The maximum absolute atomic E-state index is 6.34. The molecule has 1 aliphatic heterocycles. The van der Waals surface area contributed by atoms with Crippen molar-refractivity contribution in [1.82, 2.24) is 19.8 Å². The Bertz CT molecular complexity index is 1220. The summed E-state index contributed by atoms with van der Waals surface area (Å²) in [5.74, 6) is 2.37. The van der Waals surface area contributed by atoms with Crippen LogP contribution in [0.15, 0.2) is 66.9 Å². The van der Waals surface area contributed by atoms with E-state index in [1.165, 1.54) is 18.4 Å². The van der Waals surface area contributed by atoms with Gasteiger partial charge in [-0.3, -0.25) is 4.90 Å². The monoisotopic (exact) mass is 513 g/mol. The average molecular weight is 514 g/mol. The number of ether oxygens (including phenoxy) is 2. The predicted molar refractivity (Wildman–Crippen MR) is 153 cm³/mol. The van der Waals surface area contributed by atoms with Crippen molar-refractivity contribution in [2.75, 3.05) is 44.7 Å². The number of benzene rings is 2. The number of hydrogen-bond acceptors (Lipinski definition) is 7. The van der Waals surface area contributed by atoms with Gasteiger partial charge in [-0.15, -0.1) is 0 Å². The zero-order chi connectivity index (χ0) is 26.2. The molecule has 7 heteroatoms. The van der Waals surface area contributed by atoms with Crippen molar-refractivity contribution in [1.29, 1.82) is 0 Å². The second kappa shape index (κ2) is 12.9. The molecule has 1 aliphatic carbocycles. The first-order valence-corrected chi connectivity index (χ1v) is 13.9. The third-order valence-electron chi connectivity index (χ3n) is 7.16. The molecule has 6 bridgehead atoms. The van der Waals surface area contributed by atoms with Gasteiger partial charge in [0.15, 0.2) is 0 Å². The molecule has 5 rings (SSSR count). The Morgan fingerprint density at radius 3 is 2.82 bits per heavy atom. The molecule has 0 atom stereocenters. The maximum Gasteiger partial charge on any atom is 0.227 e. The summed E-state index contributed by atoms with van der Waals surface area (Å²) in [5, 5.41) is 3.43. The Morgan fingerprint density at radius 2 is 1.97 bits per heavy atom. The molecule has 0 amide bonds. The molecule has 0 unspecified atom stereocenters. The summed E-state index contributed by atoms with van der Waals surface area (Å²) < 4.78 is 12.4. The minimum Gasteiger partial charge on any atom is -0.493 e. The fraction of sp³-hybridized carbons (Fsp3) is 0.419. The predicted octanol–water partition coefficient (Wildman–Crippen LogP) is 5.91. The third-order valence-corrected chi connectivity index (χ3v) is 7.16. The fourth-order valence-corrected chi connectivity index (χ4v) is 4.77. The highest BCUT2D eigenvalue weighted by Gasteiger charge is 2.29. The summed E-state index contributed by atoms with van der Waals surface area (Å²) in [4.78, 5) is 14.2. The minimum atomic E-state index is 0.568. The van der Waals surface area contributed by atoms with Gasteiger partial charge in [0.2, 0.25) is 5.95 Å². The van der Waals surface area contributed by atoms with E-state index in [0.717, 1.165) is 67.6 Å². The normalized spacial score (nSPS) is 17.1. The summed E-state index contributed by atoms with van der Waals surface area (Å²) in [5.41, 5.74) is 3.99. The Kier molecular flexibility index (Phi) is 8.89. The van der Waals surface area contributed by atoms with Gasteiger partial charge in [0.25, 0.3) is 0 Å². The molecule has 1 aromatic heterocycles. The maximum atomic E-state index is 6.34. The number of aromatic nitrogens is 2. The number of anilines is 2. The molecule has 2 aromatic carbocycles. The fourth-order valence-electron chi connectivity index (χ4n) is 4.77. The van der Waals surface area contributed by atoms with Crippen LogP contribution in [0.25, 0.3) is 11.3 Å². The molecule has 200 valence electrons. The van der Waals surface area contributed by atoms with Gasteiger partial charge >= 0.3 is 0 Å². The van der Waals surface area contributed by atoms with Crippen molar-refractivity contribution in [3.63, 3.8) is 0 Å². The SMILES string of the molecule is CCN(CC)CCOc1ccc2cc1CN(C1CC1)C/C=C/CCOc1cccc(c1)-c1ccnc(n1)N2. The lowest BCUT2D eigenvalue weighted by Crippen LogP contribution is -2.28. The first kappa shape index (κ1) is 26.2. The van der Waals surface area contributed by atoms with E-state index in [2.05, 4.69) is 64.3 Å². The van der Waals surface area contributed by atoms with Crippen molar-refractivity contribution in [2.45, 2.75) is 45.7 Å². The molecule has 1 fully saturated rings. The zero-order valence-corrected chi connectivity index (χ0v) is 22.6. The summed E-state index contributed by atoms with van der Waals surface area (Å²) in [6, 6.07) is 17.0. The summed E-state index contributed by atoms with van der Waals surface area (Å²) in [6.07, 6.45) is 9.69. The van der Waals surface area contributed by atoms with Crippen LogP contribution in [0.3, 0.4) is 0 Å². The molecular formula is C31H39N5O2. The van der Waals surface area contributed by atoms with Crippen LogP contribution in [0, 0.1) is 0 Å². The molecule has 3 aromatic rings. The number of nitrogens with zero attached hydrogens (tertiary/aromatic N) is 4. The Labute approximate surface area is 226 Å². The topological polar surface area (TPSA) is 62.8 Å². The van der Waals surface area contributed by atoms with Gasteiger partial charge in [-0.25, -0.2) is 9.97 Å². The number of fused-ring (bicyclic) bond motifs is 7. The van der Waals surface area contributed by atoms with E-state index < -0.39 is 0 Å². The van der Waals surface area contributed by atoms with Crippen LogP contribution in [0.4, 0.5) is 11.6 Å². The van der Waals surface area contributed by atoms with Gasteiger partial charge < -0.3 is 19.7 Å². The lowest BCUT2D eigenvalue weighted by Gasteiger charge is -2.24. The van der Waals surface area contributed by atoms with Crippen LogP contribution in [0.2, 0.25) is 0 Å². The molecule has 2 heterocycles. The van der Waals surface area contributed by atoms with Crippen molar-refractivity contribution < 1.29 is 9.47 Å². The molecule has 7 nitrogen and oxygen atoms in total. The second-order valence-electron chi connectivity index (χ2n) is 9.89. The Hall–Kier alpha value is -3.42. The lowest BCUT2D eigenvalue weighted by atomic mass is 10.1. The van der Waals surface area contributed by atoms with E-state index >= 15 is 0 Å². The van der Waals surface area contributed by atoms with Crippen LogP contribution >= 0.6 is 0 Å². The van der Waals surface area contributed by atoms with E-state index in [4.69, 9.17) is 14.5 Å². The van der Waals surface area contributed by atoms with Crippen LogP contribution in [0.1, 0.15) is 38.7 Å². The van der Waals surface area contributed by atoms with Gasteiger partial charge in [-0.1, -0.05) is 38.1 Å². The highest BCUT2D eigenvalue weighted by molar-refractivity contribution is 5.64. The quantitative estimate of drug-likeness (QED) is 0.394. The summed E-state index contributed by atoms with van der Waals surface area (Å²) >= 11 is 0. The highest BCUT2D eigenvalue weighted by Crippen LogP contribution is 2.32. The van der Waals surface area contributed by atoms with Crippen molar-refractivity contribution in [3.8, 4) is 22.8 Å². The van der Waals surface area contributed by atoms with Crippen LogP contribution in [-0.4, -0.2) is 65.2 Å². The lowest BCUT2D eigenvalue weighted by molar-refractivity contribution is 0.217. The molecule has 0 spiro atoms. The van der Waals surface area contributed by atoms with E-state index in [-0.39, 0.29) is 0 Å². The van der Waals surface area contributed by atoms with Gasteiger partial charge in [0.1, 0.15) is 18.1 Å². The van der Waals surface area contributed by atoms with Crippen LogP contribution in [-0.2, 0) is 6.54 Å². The molecule has 2 aliphatic rings. The average Bonchev–Trinajstić information content (AvgIpc) is 3.79. The highest BCUT2D eigenvalue weighted by atomic mass is 16.5. The second-order valence-corrected chi connectivity index (χ2v) is 9.89. The first-order valence-electron chi connectivity index (χ1n) is 13.9. The third kappa shape index (κ3) is 7.11. The number of nitrogens with one attached hydrogen (secondary N) is 1. The van der Waals surface area contributed by atoms with Gasteiger partial charge in [-0.05, 0) is 68.8 Å². The summed E-state index contributed by atoms with van der Waals surface area (Å²) in [7, 11) is 0. The summed E-state index contributed by atoms with van der Waals surface area (Å²) in [6.45, 7) is 10.5.